The van der Waals surface area contributed by atoms with Crippen LogP contribution in [0.2, 0.25) is 5.02 Å². The molecule has 25 heavy (non-hydrogen) atoms. The predicted molar refractivity (Wildman–Crippen MR) is 95.0 cm³/mol. The Balaban J connectivity index is 3.34. The summed E-state index contributed by atoms with van der Waals surface area (Å²) in [5, 5.41) is 16.9. The average molecular weight is 372 g/mol. The van der Waals surface area contributed by atoms with Crippen LogP contribution < -0.4 is 10.6 Å². The van der Waals surface area contributed by atoms with E-state index in [1.165, 1.54) is 20.2 Å². The van der Waals surface area contributed by atoms with Crippen LogP contribution in [0.4, 0.5) is 11.4 Å². The second-order valence-corrected chi connectivity index (χ2v) is 6.94. The molecule has 0 aliphatic heterocycles. The molecule has 1 amide bonds. The first-order valence-corrected chi connectivity index (χ1v) is 7.92. The van der Waals surface area contributed by atoms with E-state index in [9.17, 15) is 19.7 Å². The topological polar surface area (TPSA) is 111 Å². The van der Waals surface area contributed by atoms with Gasteiger partial charge in [-0.1, -0.05) is 32.4 Å². The van der Waals surface area contributed by atoms with Gasteiger partial charge in [0.1, 0.15) is 5.69 Å². The Morgan fingerprint density at radius 1 is 1.36 bits per heavy atom. The molecule has 0 saturated carbocycles. The molecule has 0 heterocycles. The smallest absolute Gasteiger partial charge is 0.307 e. The predicted octanol–water partition coefficient (Wildman–Crippen LogP) is 3.00. The molecule has 0 spiro atoms. The van der Waals surface area contributed by atoms with Crippen molar-refractivity contribution in [2.75, 3.05) is 19.5 Å². The van der Waals surface area contributed by atoms with Crippen molar-refractivity contribution < 1.29 is 19.2 Å². The van der Waals surface area contributed by atoms with E-state index in [-0.39, 0.29) is 28.4 Å². The highest BCUT2D eigenvalue weighted by Crippen LogP contribution is 2.34. The summed E-state index contributed by atoms with van der Waals surface area (Å²) >= 11 is 6.10. The molecule has 1 rings (SSSR count). The van der Waals surface area contributed by atoms with E-state index in [0.29, 0.717) is 0 Å². The quantitative estimate of drug-likeness (QED) is 0.451. The van der Waals surface area contributed by atoms with Crippen LogP contribution in [0.25, 0.3) is 0 Å². The van der Waals surface area contributed by atoms with Crippen molar-refractivity contribution in [2.45, 2.75) is 33.2 Å². The maximum absolute atomic E-state index is 11.8. The average Bonchev–Trinajstić information content (AvgIpc) is 2.52. The number of carbonyl (C=O) groups excluding carboxylic acids is 2. The van der Waals surface area contributed by atoms with Crippen molar-refractivity contribution in [3.8, 4) is 0 Å². The molecule has 1 aromatic carbocycles. The largest absolute Gasteiger partial charge is 0.469 e. The number of methoxy groups -OCH3 is 1. The lowest BCUT2D eigenvalue weighted by molar-refractivity contribution is -0.384. The molecule has 0 aliphatic rings. The van der Waals surface area contributed by atoms with Gasteiger partial charge in [0.25, 0.3) is 11.6 Å². The van der Waals surface area contributed by atoms with E-state index in [2.05, 4.69) is 15.4 Å². The molecule has 1 atom stereocenters. The number of halogens is 1. The van der Waals surface area contributed by atoms with E-state index in [1.807, 2.05) is 20.8 Å². The number of nitro benzene ring substituents is 1. The summed E-state index contributed by atoms with van der Waals surface area (Å²) in [4.78, 5) is 34.2. The molecule has 0 radical (unpaired) electrons. The van der Waals surface area contributed by atoms with Crippen LogP contribution in [0.15, 0.2) is 12.1 Å². The third-order valence-electron chi connectivity index (χ3n) is 3.73. The lowest BCUT2D eigenvalue weighted by atomic mass is 9.84. The number of carbonyl (C=O) groups is 2. The Morgan fingerprint density at radius 3 is 2.40 bits per heavy atom. The minimum atomic E-state index is -0.608. The van der Waals surface area contributed by atoms with Gasteiger partial charge in [-0.05, 0) is 11.5 Å². The summed E-state index contributed by atoms with van der Waals surface area (Å²) in [5.41, 5.74) is -0.566. The minimum absolute atomic E-state index is 0.00157. The van der Waals surface area contributed by atoms with Crippen LogP contribution in [0.3, 0.4) is 0 Å². The Hall–Kier alpha value is -2.35. The molecule has 0 fully saturated rings. The molecule has 1 unspecified atom stereocenters. The number of nitro groups is 1. The van der Waals surface area contributed by atoms with Crippen LogP contribution in [0, 0.1) is 15.5 Å². The van der Waals surface area contributed by atoms with Gasteiger partial charge in [-0.25, -0.2) is 0 Å². The zero-order valence-corrected chi connectivity index (χ0v) is 15.6. The number of nitrogens with one attached hydrogen (secondary N) is 2. The molecule has 0 aliphatic carbocycles. The van der Waals surface area contributed by atoms with Crippen molar-refractivity contribution >= 4 is 34.9 Å². The molecular formula is C16H22ClN3O5. The Bertz CT molecular complexity index is 685. The van der Waals surface area contributed by atoms with Crippen LogP contribution in [0.5, 0.6) is 0 Å². The first-order chi connectivity index (χ1) is 11.5. The van der Waals surface area contributed by atoms with E-state index >= 15 is 0 Å². The highest BCUT2D eigenvalue weighted by Gasteiger charge is 2.30. The van der Waals surface area contributed by atoms with Crippen molar-refractivity contribution in [1.29, 1.82) is 0 Å². The number of benzene rings is 1. The number of amides is 1. The fourth-order valence-corrected chi connectivity index (χ4v) is 2.40. The lowest BCUT2D eigenvalue weighted by Crippen LogP contribution is -2.36. The molecule has 9 heteroatoms. The molecule has 1 aromatic rings. The summed E-state index contributed by atoms with van der Waals surface area (Å²) in [6.45, 7) is 5.67. The van der Waals surface area contributed by atoms with Gasteiger partial charge in [0.05, 0.1) is 29.0 Å². The zero-order chi connectivity index (χ0) is 19.4. The van der Waals surface area contributed by atoms with E-state index in [1.54, 1.807) is 0 Å². The second kappa shape index (κ2) is 8.15. The van der Waals surface area contributed by atoms with E-state index in [4.69, 9.17) is 11.6 Å². The summed E-state index contributed by atoms with van der Waals surface area (Å²) in [6.07, 6.45) is 0.0198. The SMILES string of the molecule is CNC(=O)c1cc([N+](=O)[O-])c(NC(CC(=O)OC)C(C)(C)C)cc1Cl. The maximum Gasteiger partial charge on any atom is 0.307 e. The molecular weight excluding hydrogens is 350 g/mol. The van der Waals surface area contributed by atoms with Gasteiger partial charge in [0.2, 0.25) is 0 Å². The summed E-state index contributed by atoms with van der Waals surface area (Å²) in [6, 6.07) is 1.99. The number of anilines is 1. The normalized spacial score (nSPS) is 12.2. The number of hydrogen-bond acceptors (Lipinski definition) is 6. The molecule has 0 saturated heterocycles. The summed E-state index contributed by atoms with van der Waals surface area (Å²) < 4.78 is 4.69. The Morgan fingerprint density at radius 2 is 1.96 bits per heavy atom. The van der Waals surface area contributed by atoms with Gasteiger partial charge in [0, 0.05) is 19.2 Å². The van der Waals surface area contributed by atoms with E-state index < -0.39 is 28.3 Å². The second-order valence-electron chi connectivity index (χ2n) is 6.53. The molecule has 138 valence electrons. The number of rotatable bonds is 6. The van der Waals surface area contributed by atoms with Crippen molar-refractivity contribution in [2.24, 2.45) is 5.41 Å². The number of esters is 1. The fourth-order valence-electron chi connectivity index (χ4n) is 2.15. The van der Waals surface area contributed by atoms with Gasteiger partial charge in [-0.15, -0.1) is 0 Å². The van der Waals surface area contributed by atoms with Crippen LogP contribution in [-0.4, -0.2) is 37.0 Å². The molecule has 0 bridgehead atoms. The van der Waals surface area contributed by atoms with E-state index in [0.717, 1.165) is 6.07 Å². The van der Waals surface area contributed by atoms with Crippen LogP contribution in [-0.2, 0) is 9.53 Å². The third-order valence-corrected chi connectivity index (χ3v) is 4.04. The van der Waals surface area contributed by atoms with Gasteiger partial charge < -0.3 is 15.4 Å². The Labute approximate surface area is 151 Å². The molecule has 2 N–H and O–H groups in total. The zero-order valence-electron chi connectivity index (χ0n) is 14.8. The van der Waals surface area contributed by atoms with Crippen LogP contribution >= 0.6 is 11.6 Å². The minimum Gasteiger partial charge on any atom is -0.469 e. The maximum atomic E-state index is 11.8. The highest BCUT2D eigenvalue weighted by atomic mass is 35.5. The van der Waals surface area contributed by atoms with Crippen LogP contribution in [0.1, 0.15) is 37.6 Å². The van der Waals surface area contributed by atoms with Gasteiger partial charge in [-0.2, -0.15) is 0 Å². The van der Waals surface area contributed by atoms with Crippen molar-refractivity contribution in [1.82, 2.24) is 5.32 Å². The third kappa shape index (κ3) is 5.32. The standard InChI is InChI=1S/C16H22ClN3O5/c1-16(2,3)13(8-14(21)25-5)19-11-7-10(17)9(15(22)18-4)6-12(11)20(23)24/h6-7,13,19H,8H2,1-5H3,(H,18,22). The molecule has 0 aromatic heterocycles. The van der Waals surface area contributed by atoms with Gasteiger partial charge >= 0.3 is 5.97 Å². The summed E-state index contributed by atoms with van der Waals surface area (Å²) in [7, 11) is 2.68. The van der Waals surface area contributed by atoms with Gasteiger partial charge in [0.15, 0.2) is 0 Å². The fraction of sp³-hybridized carbons (Fsp3) is 0.500. The lowest BCUT2D eigenvalue weighted by Gasteiger charge is -2.31. The first kappa shape index (κ1) is 20.7. The monoisotopic (exact) mass is 371 g/mol. The first-order valence-electron chi connectivity index (χ1n) is 7.54. The Kier molecular flexibility index (Phi) is 6.75. The number of ether oxygens (including phenoxy) is 1. The van der Waals surface area contributed by atoms with Crippen molar-refractivity contribution in [3.63, 3.8) is 0 Å². The highest BCUT2D eigenvalue weighted by molar-refractivity contribution is 6.34. The number of nitrogens with zero attached hydrogens (tertiary/aromatic N) is 1. The summed E-state index contributed by atoms with van der Waals surface area (Å²) in [5.74, 6) is -0.968. The van der Waals surface area contributed by atoms with Crippen molar-refractivity contribution in [3.05, 3.63) is 32.8 Å². The number of hydrogen-bond donors (Lipinski definition) is 2. The molecule has 8 nitrogen and oxygen atoms in total. The van der Waals surface area contributed by atoms with Gasteiger partial charge in [-0.3, -0.25) is 19.7 Å².